The predicted octanol–water partition coefficient (Wildman–Crippen LogP) is 2.94. The van der Waals surface area contributed by atoms with Gasteiger partial charge in [-0.25, -0.2) is 4.39 Å². The van der Waals surface area contributed by atoms with E-state index < -0.39 is 17.6 Å². The molecule has 1 aromatic rings. The van der Waals surface area contributed by atoms with Crippen LogP contribution in [0.5, 0.6) is 0 Å². The Morgan fingerprint density at radius 3 is 2.84 bits per heavy atom. The summed E-state index contributed by atoms with van der Waals surface area (Å²) in [5.41, 5.74) is 0.418. The summed E-state index contributed by atoms with van der Waals surface area (Å²) < 4.78 is 24.1. The standard InChI is InChI=1S/C14H17FO3S/c1-10(16)18-14-13(15)7-12(19-14)9-17-8-11-5-3-2-4-6-11/h2-6,12-14H,7-9H2,1H3/t12-,13?,14?/m0/s1. The minimum absolute atomic E-state index is 0.0445. The second kappa shape index (κ2) is 6.91. The van der Waals surface area contributed by atoms with Crippen molar-refractivity contribution in [1.29, 1.82) is 0 Å². The van der Waals surface area contributed by atoms with E-state index in [0.29, 0.717) is 19.6 Å². The fourth-order valence-electron chi connectivity index (χ4n) is 1.95. The van der Waals surface area contributed by atoms with Gasteiger partial charge in [0.25, 0.3) is 0 Å². The van der Waals surface area contributed by atoms with Crippen LogP contribution in [0.2, 0.25) is 0 Å². The molecule has 1 heterocycles. The lowest BCUT2D eigenvalue weighted by Gasteiger charge is -2.12. The van der Waals surface area contributed by atoms with Gasteiger partial charge in [0.15, 0.2) is 5.44 Å². The molecular weight excluding hydrogens is 267 g/mol. The van der Waals surface area contributed by atoms with Crippen LogP contribution < -0.4 is 0 Å². The summed E-state index contributed by atoms with van der Waals surface area (Å²) in [4.78, 5) is 10.8. The van der Waals surface area contributed by atoms with Crippen LogP contribution in [0.25, 0.3) is 0 Å². The van der Waals surface area contributed by atoms with Crippen molar-refractivity contribution >= 4 is 17.7 Å². The lowest BCUT2D eigenvalue weighted by atomic mass is 10.2. The number of ether oxygens (including phenoxy) is 2. The molecule has 1 saturated heterocycles. The van der Waals surface area contributed by atoms with E-state index in [1.807, 2.05) is 30.3 Å². The van der Waals surface area contributed by atoms with Crippen molar-refractivity contribution < 1.29 is 18.7 Å². The van der Waals surface area contributed by atoms with E-state index in [0.717, 1.165) is 5.56 Å². The highest BCUT2D eigenvalue weighted by Crippen LogP contribution is 2.37. The van der Waals surface area contributed by atoms with Gasteiger partial charge in [-0.05, 0) is 12.0 Å². The Kier molecular flexibility index (Phi) is 5.22. The molecule has 0 aromatic heterocycles. The van der Waals surface area contributed by atoms with Gasteiger partial charge in [0, 0.05) is 12.2 Å². The second-order valence-corrected chi connectivity index (χ2v) is 5.89. The van der Waals surface area contributed by atoms with Gasteiger partial charge in [-0.15, -0.1) is 11.8 Å². The van der Waals surface area contributed by atoms with Gasteiger partial charge in [0.1, 0.15) is 6.17 Å². The largest absolute Gasteiger partial charge is 0.448 e. The molecule has 0 N–H and O–H groups in total. The molecule has 2 unspecified atom stereocenters. The molecule has 1 fully saturated rings. The molecule has 0 amide bonds. The minimum atomic E-state index is -1.10. The minimum Gasteiger partial charge on any atom is -0.448 e. The van der Waals surface area contributed by atoms with Crippen LogP contribution in [0.4, 0.5) is 4.39 Å². The van der Waals surface area contributed by atoms with Crippen LogP contribution in [0.15, 0.2) is 30.3 Å². The summed E-state index contributed by atoms with van der Waals surface area (Å²) in [6, 6.07) is 9.84. The first-order chi connectivity index (χ1) is 9.15. The Balaban J connectivity index is 1.71. The smallest absolute Gasteiger partial charge is 0.303 e. The molecule has 0 saturated carbocycles. The quantitative estimate of drug-likeness (QED) is 0.779. The summed E-state index contributed by atoms with van der Waals surface area (Å²) >= 11 is 1.34. The third-order valence-electron chi connectivity index (χ3n) is 2.81. The zero-order valence-electron chi connectivity index (χ0n) is 10.8. The van der Waals surface area contributed by atoms with Crippen molar-refractivity contribution in [2.45, 2.75) is 36.8 Å². The fraction of sp³-hybridized carbons (Fsp3) is 0.500. The molecule has 0 aliphatic carbocycles. The van der Waals surface area contributed by atoms with Crippen LogP contribution in [0.1, 0.15) is 18.9 Å². The van der Waals surface area contributed by atoms with Crippen molar-refractivity contribution in [2.24, 2.45) is 0 Å². The first kappa shape index (κ1) is 14.3. The zero-order valence-corrected chi connectivity index (χ0v) is 11.6. The van der Waals surface area contributed by atoms with E-state index in [4.69, 9.17) is 9.47 Å². The van der Waals surface area contributed by atoms with E-state index in [1.54, 1.807) is 0 Å². The monoisotopic (exact) mass is 284 g/mol. The van der Waals surface area contributed by atoms with Gasteiger partial charge in [0.05, 0.1) is 13.2 Å². The van der Waals surface area contributed by atoms with Gasteiger partial charge >= 0.3 is 5.97 Å². The molecule has 19 heavy (non-hydrogen) atoms. The number of alkyl halides is 1. The van der Waals surface area contributed by atoms with Crippen LogP contribution in [-0.2, 0) is 20.9 Å². The summed E-state index contributed by atoms with van der Waals surface area (Å²) in [6.45, 7) is 2.29. The maximum Gasteiger partial charge on any atom is 0.303 e. The third-order valence-corrected chi connectivity index (χ3v) is 4.18. The molecule has 0 bridgehead atoms. The van der Waals surface area contributed by atoms with Crippen LogP contribution in [0, 0.1) is 0 Å². The number of rotatable bonds is 5. The lowest BCUT2D eigenvalue weighted by molar-refractivity contribution is -0.144. The van der Waals surface area contributed by atoms with Gasteiger partial charge in [-0.1, -0.05) is 30.3 Å². The van der Waals surface area contributed by atoms with Crippen LogP contribution in [0.3, 0.4) is 0 Å². The molecule has 2 rings (SSSR count). The molecule has 1 aliphatic heterocycles. The second-order valence-electron chi connectivity index (χ2n) is 4.49. The Morgan fingerprint density at radius 1 is 1.42 bits per heavy atom. The predicted molar refractivity (Wildman–Crippen MR) is 72.5 cm³/mol. The molecule has 3 atom stereocenters. The summed E-state index contributed by atoms with van der Waals surface area (Å²) in [5, 5.41) is 0.0445. The van der Waals surface area contributed by atoms with E-state index in [-0.39, 0.29) is 5.25 Å². The highest BCUT2D eigenvalue weighted by Gasteiger charge is 2.37. The van der Waals surface area contributed by atoms with Crippen molar-refractivity contribution in [2.75, 3.05) is 6.61 Å². The normalized spacial score (nSPS) is 26.3. The Hall–Kier alpha value is -1.07. The number of halogens is 1. The van der Waals surface area contributed by atoms with Gasteiger partial charge in [0.2, 0.25) is 0 Å². The highest BCUT2D eigenvalue weighted by atomic mass is 32.2. The maximum absolute atomic E-state index is 13.6. The van der Waals surface area contributed by atoms with Crippen molar-refractivity contribution in [3.63, 3.8) is 0 Å². The van der Waals surface area contributed by atoms with E-state index >= 15 is 0 Å². The number of carbonyl (C=O) groups excluding carboxylic acids is 1. The number of carbonyl (C=O) groups is 1. The summed E-state index contributed by atoms with van der Waals surface area (Å²) in [7, 11) is 0. The lowest BCUT2D eigenvalue weighted by Crippen LogP contribution is -2.18. The van der Waals surface area contributed by atoms with Crippen LogP contribution >= 0.6 is 11.8 Å². The maximum atomic E-state index is 13.6. The average Bonchev–Trinajstić information content (AvgIpc) is 2.70. The van der Waals surface area contributed by atoms with Crippen molar-refractivity contribution in [3.8, 4) is 0 Å². The van der Waals surface area contributed by atoms with Crippen molar-refractivity contribution in [1.82, 2.24) is 0 Å². The zero-order chi connectivity index (χ0) is 13.7. The number of hydrogen-bond donors (Lipinski definition) is 0. The van der Waals surface area contributed by atoms with Crippen LogP contribution in [-0.4, -0.2) is 29.4 Å². The first-order valence-corrected chi connectivity index (χ1v) is 7.18. The topological polar surface area (TPSA) is 35.5 Å². The SMILES string of the molecule is CC(=O)OC1S[C@H](COCc2ccccc2)CC1F. The molecule has 0 spiro atoms. The average molecular weight is 284 g/mol. The summed E-state index contributed by atoms with van der Waals surface area (Å²) in [6.07, 6.45) is -0.726. The molecule has 3 nitrogen and oxygen atoms in total. The number of thioether (sulfide) groups is 1. The summed E-state index contributed by atoms with van der Waals surface area (Å²) in [5.74, 6) is -0.439. The fourth-order valence-corrected chi connectivity index (χ4v) is 3.27. The van der Waals surface area contributed by atoms with Gasteiger partial charge in [-0.3, -0.25) is 4.79 Å². The van der Waals surface area contributed by atoms with Gasteiger partial charge in [-0.2, -0.15) is 0 Å². The molecule has 104 valence electrons. The van der Waals surface area contributed by atoms with E-state index in [9.17, 15) is 9.18 Å². The van der Waals surface area contributed by atoms with E-state index in [2.05, 4.69) is 0 Å². The van der Waals surface area contributed by atoms with Gasteiger partial charge < -0.3 is 9.47 Å². The van der Waals surface area contributed by atoms with E-state index in [1.165, 1.54) is 18.7 Å². The number of esters is 1. The highest BCUT2D eigenvalue weighted by molar-refractivity contribution is 8.00. The Bertz CT molecular complexity index is 412. The Labute approximate surface area is 116 Å². The third kappa shape index (κ3) is 4.51. The molecule has 5 heteroatoms. The molecule has 0 radical (unpaired) electrons. The molecule has 1 aromatic carbocycles. The van der Waals surface area contributed by atoms with Crippen molar-refractivity contribution in [3.05, 3.63) is 35.9 Å². The Morgan fingerprint density at radius 2 is 2.16 bits per heavy atom. The number of benzene rings is 1. The molecule has 1 aliphatic rings. The number of hydrogen-bond acceptors (Lipinski definition) is 4. The first-order valence-electron chi connectivity index (χ1n) is 6.23. The molecular formula is C14H17FO3S.